The van der Waals surface area contributed by atoms with Crippen molar-refractivity contribution in [2.45, 2.75) is 24.4 Å². The third-order valence-electron chi connectivity index (χ3n) is 5.64. The molecule has 172 valence electrons. The average molecular weight is 455 g/mol. The normalized spacial score (nSPS) is 19.4. The molecule has 34 heavy (non-hydrogen) atoms. The van der Waals surface area contributed by atoms with Crippen LogP contribution in [0.25, 0.3) is 11.1 Å². The molecule has 0 unspecified atom stereocenters. The smallest absolute Gasteiger partial charge is 0.194 e. The van der Waals surface area contributed by atoms with Gasteiger partial charge in [-0.15, -0.1) is 0 Å². The number of rotatable bonds is 6. The molecule has 0 aromatic heterocycles. The lowest BCUT2D eigenvalue weighted by molar-refractivity contribution is -0.116. The van der Waals surface area contributed by atoms with E-state index in [9.17, 15) is 25.2 Å². The Morgan fingerprint density at radius 1 is 0.647 bits per heavy atom. The van der Waals surface area contributed by atoms with Gasteiger partial charge in [0.05, 0.1) is 0 Å². The van der Waals surface area contributed by atoms with Gasteiger partial charge in [0.1, 0.15) is 0 Å². The molecule has 4 N–H and O–H groups in total. The Hall–Kier alpha value is -3.61. The summed E-state index contributed by atoms with van der Waals surface area (Å²) in [5, 5.41) is 39.2. The van der Waals surface area contributed by atoms with Crippen LogP contribution in [0.5, 0.6) is 0 Å². The fourth-order valence-electron chi connectivity index (χ4n) is 3.76. The molecule has 0 aliphatic heterocycles. The molecule has 0 saturated heterocycles. The quantitative estimate of drug-likeness (QED) is 0.393. The zero-order valence-electron chi connectivity index (χ0n) is 18.5. The van der Waals surface area contributed by atoms with Crippen LogP contribution in [-0.4, -0.2) is 37.8 Å². The Morgan fingerprint density at radius 2 is 1.03 bits per heavy atom. The maximum atomic E-state index is 14.0. The summed E-state index contributed by atoms with van der Waals surface area (Å²) in [4.78, 5) is 14.0. The van der Waals surface area contributed by atoms with E-state index in [0.29, 0.717) is 22.3 Å². The van der Waals surface area contributed by atoms with E-state index in [-0.39, 0.29) is 18.6 Å². The number of hydrogen-bond acceptors (Lipinski definition) is 5. The van der Waals surface area contributed by atoms with Crippen molar-refractivity contribution in [2.75, 3.05) is 0 Å². The minimum Gasteiger partial charge on any atom is -0.362 e. The standard InChI is InChI=1S/C29H26O5/c30-27(25(23-7-3-1-4-8-23)19-21-11-15-28(31,32)16-12-21)26(24-9-5-2-6-10-24)20-22-13-17-29(33,34)18-14-22/h1-15,17,19-20,31-34H,16,18H2. The maximum absolute atomic E-state index is 14.0. The minimum atomic E-state index is -1.89. The number of benzene rings is 2. The zero-order valence-corrected chi connectivity index (χ0v) is 18.5. The molecule has 4 rings (SSSR count). The van der Waals surface area contributed by atoms with E-state index in [1.807, 2.05) is 60.7 Å². The number of Topliss-reactive ketones (excluding diaryl/α,β-unsaturated/α-hetero) is 1. The molecule has 2 aliphatic carbocycles. The van der Waals surface area contributed by atoms with E-state index < -0.39 is 11.6 Å². The van der Waals surface area contributed by atoms with Crippen LogP contribution in [0.15, 0.2) is 120 Å². The van der Waals surface area contributed by atoms with Crippen molar-refractivity contribution in [3.8, 4) is 0 Å². The molecule has 0 heterocycles. The van der Waals surface area contributed by atoms with Gasteiger partial charge in [-0.2, -0.15) is 0 Å². The van der Waals surface area contributed by atoms with Crippen molar-refractivity contribution >= 4 is 16.9 Å². The van der Waals surface area contributed by atoms with E-state index in [0.717, 1.165) is 11.1 Å². The summed E-state index contributed by atoms with van der Waals surface area (Å²) >= 11 is 0. The second-order valence-corrected chi connectivity index (χ2v) is 8.42. The largest absolute Gasteiger partial charge is 0.362 e. The first-order valence-electron chi connectivity index (χ1n) is 11.0. The highest BCUT2D eigenvalue weighted by Crippen LogP contribution is 2.30. The van der Waals surface area contributed by atoms with Crippen LogP contribution < -0.4 is 0 Å². The highest BCUT2D eigenvalue weighted by molar-refractivity contribution is 6.42. The lowest BCUT2D eigenvalue weighted by atomic mass is 9.88. The Kier molecular flexibility index (Phi) is 6.72. The lowest BCUT2D eigenvalue weighted by Crippen LogP contribution is -2.25. The van der Waals surface area contributed by atoms with Crippen molar-refractivity contribution in [1.82, 2.24) is 0 Å². The summed E-state index contributed by atoms with van der Waals surface area (Å²) in [5.41, 5.74) is 3.75. The first-order chi connectivity index (χ1) is 16.2. The molecule has 5 heteroatoms. The SMILES string of the molecule is O=C(C(=CC1=CCC(O)(O)C=C1)c1ccccc1)C(=CC1=CCC(O)(O)C=C1)c1ccccc1. The number of allylic oxidation sites excluding steroid dienone is 8. The molecular formula is C29H26O5. The Labute approximate surface area is 198 Å². The van der Waals surface area contributed by atoms with E-state index in [2.05, 4.69) is 0 Å². The molecule has 2 aromatic rings. The van der Waals surface area contributed by atoms with Gasteiger partial charge in [-0.1, -0.05) is 85.0 Å². The molecule has 0 spiro atoms. The van der Waals surface area contributed by atoms with Gasteiger partial charge in [0, 0.05) is 24.0 Å². The Bertz CT molecular complexity index is 1140. The summed E-state index contributed by atoms with van der Waals surface area (Å²) in [6.07, 6.45) is 12.7. The molecule has 2 aliphatic rings. The highest BCUT2D eigenvalue weighted by atomic mass is 16.5. The molecule has 0 bridgehead atoms. The van der Waals surface area contributed by atoms with Gasteiger partial charge in [-0.05, 0) is 46.6 Å². The van der Waals surface area contributed by atoms with Crippen molar-refractivity contribution in [3.05, 3.63) is 132 Å². The molecule has 0 amide bonds. The summed E-state index contributed by atoms with van der Waals surface area (Å²) in [6, 6.07) is 18.6. The van der Waals surface area contributed by atoms with Crippen molar-refractivity contribution in [1.29, 1.82) is 0 Å². The third-order valence-corrected chi connectivity index (χ3v) is 5.64. The first kappa shape index (κ1) is 23.5. The summed E-state index contributed by atoms with van der Waals surface area (Å²) in [6.45, 7) is 0. The van der Waals surface area contributed by atoms with Gasteiger partial charge in [0.15, 0.2) is 17.4 Å². The van der Waals surface area contributed by atoms with Crippen LogP contribution in [-0.2, 0) is 4.79 Å². The zero-order chi connectivity index (χ0) is 24.2. The van der Waals surface area contributed by atoms with E-state index in [4.69, 9.17) is 0 Å². The molecular weight excluding hydrogens is 428 g/mol. The van der Waals surface area contributed by atoms with Gasteiger partial charge in [-0.25, -0.2) is 0 Å². The fraction of sp³-hybridized carbons (Fsp3) is 0.138. The number of carbonyl (C=O) groups is 1. The van der Waals surface area contributed by atoms with Gasteiger partial charge in [0.2, 0.25) is 0 Å². The summed E-state index contributed by atoms with van der Waals surface area (Å²) in [5.74, 6) is -3.99. The predicted octanol–water partition coefficient (Wildman–Crippen LogP) is 3.86. The second kappa shape index (κ2) is 9.71. The van der Waals surface area contributed by atoms with Gasteiger partial charge >= 0.3 is 0 Å². The van der Waals surface area contributed by atoms with Gasteiger partial charge < -0.3 is 20.4 Å². The second-order valence-electron chi connectivity index (χ2n) is 8.42. The van der Waals surface area contributed by atoms with E-state index >= 15 is 0 Å². The summed E-state index contributed by atoms with van der Waals surface area (Å²) in [7, 11) is 0. The van der Waals surface area contributed by atoms with Crippen LogP contribution >= 0.6 is 0 Å². The van der Waals surface area contributed by atoms with E-state index in [1.54, 1.807) is 36.5 Å². The molecule has 0 atom stereocenters. The number of ketones is 1. The average Bonchev–Trinajstić information content (AvgIpc) is 2.83. The van der Waals surface area contributed by atoms with Crippen LogP contribution in [0.4, 0.5) is 0 Å². The lowest BCUT2D eigenvalue weighted by Gasteiger charge is -2.20. The first-order valence-corrected chi connectivity index (χ1v) is 11.0. The molecule has 0 radical (unpaired) electrons. The van der Waals surface area contributed by atoms with Crippen LogP contribution in [0, 0.1) is 0 Å². The van der Waals surface area contributed by atoms with Crippen LogP contribution in [0.3, 0.4) is 0 Å². The minimum absolute atomic E-state index is 0.0225. The number of aliphatic hydroxyl groups is 4. The van der Waals surface area contributed by atoms with Crippen molar-refractivity contribution in [2.24, 2.45) is 0 Å². The molecule has 0 saturated carbocycles. The topological polar surface area (TPSA) is 98.0 Å². The van der Waals surface area contributed by atoms with Crippen LogP contribution in [0.1, 0.15) is 24.0 Å². The monoisotopic (exact) mass is 454 g/mol. The molecule has 2 aromatic carbocycles. The van der Waals surface area contributed by atoms with Crippen molar-refractivity contribution < 1.29 is 25.2 Å². The number of hydrogen-bond donors (Lipinski definition) is 4. The van der Waals surface area contributed by atoms with E-state index in [1.165, 1.54) is 12.2 Å². The van der Waals surface area contributed by atoms with Crippen molar-refractivity contribution in [3.63, 3.8) is 0 Å². The highest BCUT2D eigenvalue weighted by Gasteiger charge is 2.24. The molecule has 5 nitrogen and oxygen atoms in total. The molecule has 0 fully saturated rings. The number of carbonyl (C=O) groups excluding carboxylic acids is 1. The predicted molar refractivity (Wildman–Crippen MR) is 132 cm³/mol. The Balaban J connectivity index is 1.80. The summed E-state index contributed by atoms with van der Waals surface area (Å²) < 4.78 is 0. The van der Waals surface area contributed by atoms with Crippen LogP contribution in [0.2, 0.25) is 0 Å². The fourth-order valence-corrected chi connectivity index (χ4v) is 3.76. The van der Waals surface area contributed by atoms with Gasteiger partial charge in [-0.3, -0.25) is 4.79 Å². The Morgan fingerprint density at radius 3 is 1.35 bits per heavy atom. The third kappa shape index (κ3) is 5.84. The maximum Gasteiger partial charge on any atom is 0.194 e. The van der Waals surface area contributed by atoms with Gasteiger partial charge in [0.25, 0.3) is 0 Å².